The van der Waals surface area contributed by atoms with Gasteiger partial charge in [-0.1, -0.05) is 25.7 Å². The lowest BCUT2D eigenvalue weighted by Crippen LogP contribution is -2.41. The highest BCUT2D eigenvalue weighted by Crippen LogP contribution is 2.20. The van der Waals surface area contributed by atoms with E-state index in [1.165, 1.54) is 0 Å². The van der Waals surface area contributed by atoms with Crippen LogP contribution in [0.25, 0.3) is 0 Å². The number of aliphatic hydroxyl groups is 2. The molecule has 9 heteroatoms. The summed E-state index contributed by atoms with van der Waals surface area (Å²) in [5.41, 5.74) is 0. The first-order valence-electron chi connectivity index (χ1n) is 8.31. The van der Waals surface area contributed by atoms with E-state index >= 15 is 0 Å². The number of esters is 2. The standard InChI is InChI=1S/C16H24O9/c17-9-10(18)14-15(13(22)16(23)25-14)24-12(21)8-6-4-2-1-3-5-7-11(19)20/h10,14-15,17-18H,1-9H2,(H,19,20)/t10-,14+,15?/m0/s1. The van der Waals surface area contributed by atoms with E-state index in [9.17, 15) is 24.3 Å². The molecule has 1 aliphatic rings. The number of cyclic esters (lactones) is 1. The Balaban J connectivity index is 2.23. The Hall–Kier alpha value is -2.00. The van der Waals surface area contributed by atoms with E-state index in [0.29, 0.717) is 12.8 Å². The lowest BCUT2D eigenvalue weighted by molar-refractivity contribution is -0.160. The zero-order valence-corrected chi connectivity index (χ0v) is 13.9. The molecule has 0 radical (unpaired) electrons. The number of hydrogen-bond donors (Lipinski definition) is 3. The van der Waals surface area contributed by atoms with Crippen molar-refractivity contribution < 1.29 is 44.0 Å². The van der Waals surface area contributed by atoms with Gasteiger partial charge < -0.3 is 24.8 Å². The molecule has 0 aromatic heterocycles. The number of ketones is 1. The highest BCUT2D eigenvalue weighted by Gasteiger charge is 2.49. The Kier molecular flexibility index (Phi) is 9.07. The third-order valence-corrected chi connectivity index (χ3v) is 3.85. The molecule has 25 heavy (non-hydrogen) atoms. The molecule has 1 aliphatic heterocycles. The number of carboxylic acids is 1. The number of carbonyl (C=O) groups excluding carboxylic acids is 3. The van der Waals surface area contributed by atoms with Gasteiger partial charge >= 0.3 is 17.9 Å². The lowest BCUT2D eigenvalue weighted by atomic mass is 10.1. The fourth-order valence-corrected chi connectivity index (χ4v) is 2.47. The molecule has 1 rings (SSSR count). The highest BCUT2D eigenvalue weighted by molar-refractivity contribution is 6.37. The molecule has 1 heterocycles. The van der Waals surface area contributed by atoms with Gasteiger partial charge in [0.05, 0.1) is 6.61 Å². The Morgan fingerprint density at radius 1 is 1.04 bits per heavy atom. The average Bonchev–Trinajstić information content (AvgIpc) is 2.84. The molecule has 3 N–H and O–H groups in total. The zero-order chi connectivity index (χ0) is 18.8. The van der Waals surface area contributed by atoms with Crippen molar-refractivity contribution in [1.29, 1.82) is 0 Å². The van der Waals surface area contributed by atoms with Gasteiger partial charge in [-0.15, -0.1) is 0 Å². The van der Waals surface area contributed by atoms with Gasteiger partial charge in [0.1, 0.15) is 6.10 Å². The van der Waals surface area contributed by atoms with Crippen LogP contribution in [-0.4, -0.2) is 63.9 Å². The van der Waals surface area contributed by atoms with Crippen molar-refractivity contribution in [1.82, 2.24) is 0 Å². The smallest absolute Gasteiger partial charge is 0.379 e. The summed E-state index contributed by atoms with van der Waals surface area (Å²) in [7, 11) is 0. The van der Waals surface area contributed by atoms with Crippen LogP contribution in [0.4, 0.5) is 0 Å². The minimum absolute atomic E-state index is 0.0506. The molecule has 142 valence electrons. The highest BCUT2D eigenvalue weighted by atomic mass is 16.6. The van der Waals surface area contributed by atoms with Crippen molar-refractivity contribution in [2.45, 2.75) is 69.7 Å². The number of carbonyl (C=O) groups is 4. The van der Waals surface area contributed by atoms with Crippen LogP contribution < -0.4 is 0 Å². The maximum atomic E-state index is 11.8. The summed E-state index contributed by atoms with van der Waals surface area (Å²) in [4.78, 5) is 45.0. The summed E-state index contributed by atoms with van der Waals surface area (Å²) < 4.78 is 9.55. The molecule has 0 aliphatic carbocycles. The van der Waals surface area contributed by atoms with Crippen molar-refractivity contribution >= 4 is 23.7 Å². The topological polar surface area (TPSA) is 147 Å². The van der Waals surface area contributed by atoms with Crippen LogP contribution in [0.15, 0.2) is 0 Å². The van der Waals surface area contributed by atoms with Crippen LogP contribution >= 0.6 is 0 Å². The van der Waals surface area contributed by atoms with E-state index in [1.807, 2.05) is 0 Å². The lowest BCUT2D eigenvalue weighted by Gasteiger charge is -2.20. The molecule has 0 amide bonds. The third kappa shape index (κ3) is 7.18. The number of hydrogen-bond acceptors (Lipinski definition) is 8. The molecule has 0 aromatic carbocycles. The molecule has 0 saturated carbocycles. The van der Waals surface area contributed by atoms with Crippen LogP contribution in [0.3, 0.4) is 0 Å². The van der Waals surface area contributed by atoms with Crippen LogP contribution in [0, 0.1) is 0 Å². The molecule has 1 unspecified atom stereocenters. The number of ether oxygens (including phenoxy) is 2. The third-order valence-electron chi connectivity index (χ3n) is 3.85. The molecular weight excluding hydrogens is 336 g/mol. The predicted octanol–water partition coefficient (Wildman–Crippen LogP) is -0.0487. The van der Waals surface area contributed by atoms with E-state index in [4.69, 9.17) is 14.9 Å². The first kappa shape index (κ1) is 21.0. The fourth-order valence-electron chi connectivity index (χ4n) is 2.47. The maximum Gasteiger partial charge on any atom is 0.379 e. The van der Waals surface area contributed by atoms with Crippen molar-refractivity contribution in [2.24, 2.45) is 0 Å². The van der Waals surface area contributed by atoms with Crippen LogP contribution in [0.2, 0.25) is 0 Å². The second kappa shape index (κ2) is 10.8. The molecule has 0 aromatic rings. The number of rotatable bonds is 12. The molecule has 1 saturated heterocycles. The van der Waals surface area contributed by atoms with Gasteiger partial charge in [-0.25, -0.2) is 4.79 Å². The van der Waals surface area contributed by atoms with Crippen LogP contribution in [0.1, 0.15) is 51.4 Å². The summed E-state index contributed by atoms with van der Waals surface area (Å²) in [5.74, 6) is -3.74. The first-order chi connectivity index (χ1) is 11.9. The zero-order valence-electron chi connectivity index (χ0n) is 13.9. The molecule has 1 fully saturated rings. The predicted molar refractivity (Wildman–Crippen MR) is 82.4 cm³/mol. The van der Waals surface area contributed by atoms with E-state index < -0.39 is 48.6 Å². The number of Topliss-reactive ketones (excluding diaryl/α,β-unsaturated/α-hetero) is 1. The summed E-state index contributed by atoms with van der Waals surface area (Å²) in [6, 6.07) is 0. The normalized spacial score (nSPS) is 21.0. The molecule has 9 nitrogen and oxygen atoms in total. The van der Waals surface area contributed by atoms with Crippen molar-refractivity contribution in [3.05, 3.63) is 0 Å². The monoisotopic (exact) mass is 360 g/mol. The van der Waals surface area contributed by atoms with Crippen molar-refractivity contribution in [3.63, 3.8) is 0 Å². The van der Waals surface area contributed by atoms with Gasteiger partial charge in [0.2, 0.25) is 6.10 Å². The minimum Gasteiger partial charge on any atom is -0.481 e. The SMILES string of the molecule is O=C(O)CCCCCCCCC(=O)OC1C(=O)C(=O)O[C@@H]1[C@@H](O)CO. The second-order valence-electron chi connectivity index (χ2n) is 5.91. The molecule has 3 atom stereocenters. The number of aliphatic hydroxyl groups excluding tert-OH is 2. The molecular formula is C16H24O9. The largest absolute Gasteiger partial charge is 0.481 e. The Morgan fingerprint density at radius 2 is 1.60 bits per heavy atom. The number of carboxylic acid groups (broad SMARTS) is 1. The second-order valence-corrected chi connectivity index (χ2v) is 5.91. The van der Waals surface area contributed by atoms with Crippen LogP contribution in [-0.2, 0) is 28.7 Å². The Bertz CT molecular complexity index is 488. The Labute approximate surface area is 144 Å². The first-order valence-corrected chi connectivity index (χ1v) is 8.31. The fraction of sp³-hybridized carbons (Fsp3) is 0.750. The minimum atomic E-state index is -1.53. The van der Waals surface area contributed by atoms with Crippen molar-refractivity contribution in [3.8, 4) is 0 Å². The summed E-state index contributed by atoms with van der Waals surface area (Å²) in [6.07, 6.45) is 0.231. The van der Waals surface area contributed by atoms with Gasteiger partial charge in [0.15, 0.2) is 6.10 Å². The van der Waals surface area contributed by atoms with Gasteiger partial charge in [-0.05, 0) is 12.8 Å². The molecule has 0 spiro atoms. The van der Waals surface area contributed by atoms with E-state index in [1.54, 1.807) is 0 Å². The number of aliphatic carboxylic acids is 1. The van der Waals surface area contributed by atoms with Gasteiger partial charge in [-0.3, -0.25) is 14.4 Å². The summed E-state index contributed by atoms with van der Waals surface area (Å²) in [5, 5.41) is 26.9. The van der Waals surface area contributed by atoms with Gasteiger partial charge in [0.25, 0.3) is 5.78 Å². The summed E-state index contributed by atoms with van der Waals surface area (Å²) in [6.45, 7) is -0.735. The van der Waals surface area contributed by atoms with Gasteiger partial charge in [0, 0.05) is 12.8 Å². The van der Waals surface area contributed by atoms with E-state index in [0.717, 1.165) is 25.7 Å². The Morgan fingerprint density at radius 3 is 2.16 bits per heavy atom. The average molecular weight is 360 g/mol. The van der Waals surface area contributed by atoms with E-state index in [2.05, 4.69) is 4.74 Å². The quantitative estimate of drug-likeness (QED) is 0.247. The van der Waals surface area contributed by atoms with Crippen LogP contribution in [0.5, 0.6) is 0 Å². The van der Waals surface area contributed by atoms with E-state index in [-0.39, 0.29) is 12.8 Å². The van der Waals surface area contributed by atoms with Gasteiger partial charge in [-0.2, -0.15) is 0 Å². The maximum absolute atomic E-state index is 11.8. The molecule has 0 bridgehead atoms. The van der Waals surface area contributed by atoms with Crippen molar-refractivity contribution in [2.75, 3.05) is 6.61 Å². The number of unbranched alkanes of at least 4 members (excludes halogenated alkanes) is 5. The summed E-state index contributed by atoms with van der Waals surface area (Å²) >= 11 is 0.